The van der Waals surface area contributed by atoms with Gasteiger partial charge in [0.1, 0.15) is 31.4 Å². The number of pyridine rings is 1. The third kappa shape index (κ3) is 6.82. The van der Waals surface area contributed by atoms with Crippen molar-refractivity contribution in [3.05, 3.63) is 103 Å². The summed E-state index contributed by atoms with van der Waals surface area (Å²) in [6.07, 6.45) is 6.24. The molecular weight excluding hydrogens is 614 g/mol. The second kappa shape index (κ2) is 12.7. The van der Waals surface area contributed by atoms with Crippen LogP contribution in [-0.4, -0.2) is 37.3 Å². The fourth-order valence-electron chi connectivity index (χ4n) is 4.67. The maximum absolute atomic E-state index is 13.6. The third-order valence-corrected chi connectivity index (χ3v) is 10.6. The van der Waals surface area contributed by atoms with Crippen LogP contribution in [0.3, 0.4) is 0 Å². The molecular formula is C30H30ClN3O5S3. The van der Waals surface area contributed by atoms with Gasteiger partial charge in [-0.05, 0) is 56.2 Å². The molecule has 2 aromatic carbocycles. The first-order chi connectivity index (χ1) is 20.0. The minimum atomic E-state index is -4.27. The Labute approximate surface area is 257 Å². The Bertz CT molecular complexity index is 1900. The van der Waals surface area contributed by atoms with Crippen LogP contribution in [0.4, 0.5) is 5.69 Å². The van der Waals surface area contributed by atoms with Crippen LogP contribution in [0.25, 0.3) is 11.1 Å². The molecule has 2 aliphatic heterocycles. The second-order valence-electron chi connectivity index (χ2n) is 10.0. The van der Waals surface area contributed by atoms with Crippen molar-refractivity contribution in [3.63, 3.8) is 0 Å². The van der Waals surface area contributed by atoms with Crippen molar-refractivity contribution in [3.8, 4) is 0 Å². The highest BCUT2D eigenvalue weighted by Crippen LogP contribution is 2.46. The van der Waals surface area contributed by atoms with E-state index in [2.05, 4.69) is 21.6 Å². The summed E-state index contributed by atoms with van der Waals surface area (Å²) in [5.74, 6) is 0. The normalized spacial score (nSPS) is 18.2. The molecule has 0 bridgehead atoms. The Kier molecular flexibility index (Phi) is 9.26. The van der Waals surface area contributed by atoms with E-state index in [9.17, 15) is 17.8 Å². The van der Waals surface area contributed by atoms with Gasteiger partial charge in [0.2, 0.25) is 5.69 Å². The summed E-state index contributed by atoms with van der Waals surface area (Å²) in [6, 6.07) is 17.7. The Morgan fingerprint density at radius 3 is 2.60 bits per heavy atom. The summed E-state index contributed by atoms with van der Waals surface area (Å²) in [6.45, 7) is 3.18. The molecule has 8 nitrogen and oxygen atoms in total. The molecule has 4 aromatic rings. The molecule has 2 aliphatic rings. The molecule has 220 valence electrons. The van der Waals surface area contributed by atoms with E-state index in [1.165, 1.54) is 12.1 Å². The average molecular weight is 644 g/mol. The highest BCUT2D eigenvalue weighted by Gasteiger charge is 2.26. The van der Waals surface area contributed by atoms with E-state index < -0.39 is 10.1 Å². The number of nitrogens with zero attached hydrogens (tertiary/aromatic N) is 3. The number of rotatable bonds is 4. The number of hydrogen-bond donors (Lipinski definition) is 0. The van der Waals surface area contributed by atoms with Gasteiger partial charge >= 0.3 is 0 Å². The van der Waals surface area contributed by atoms with Crippen molar-refractivity contribution in [2.24, 2.45) is 7.05 Å². The Morgan fingerprint density at radius 2 is 1.93 bits per heavy atom. The first-order valence-corrected chi connectivity index (χ1v) is 16.7. The molecule has 1 fully saturated rings. The number of halogens is 1. The number of anilines is 1. The Hall–Kier alpha value is -2.93. The summed E-state index contributed by atoms with van der Waals surface area (Å²) in [7, 11) is -0.262. The van der Waals surface area contributed by atoms with Crippen LogP contribution in [0.2, 0.25) is 5.02 Å². The Morgan fingerprint density at radius 1 is 1.17 bits per heavy atom. The lowest BCUT2D eigenvalue weighted by Crippen LogP contribution is -2.37. The maximum Gasteiger partial charge on any atom is 0.271 e. The largest absolute Gasteiger partial charge is 0.744 e. The van der Waals surface area contributed by atoms with E-state index in [0.29, 0.717) is 11.6 Å². The van der Waals surface area contributed by atoms with Gasteiger partial charge in [-0.15, -0.1) is 11.3 Å². The zero-order valence-electron chi connectivity index (χ0n) is 23.3. The quantitative estimate of drug-likeness (QED) is 0.248. The standard InChI is InChI=1S/C23H23ClN3O2S2.C7H8O3S/c1-25-10-4-3-6-16(25)13-20-27(14-17-7-5-11-29-17)22(28)21(31-20)23-26(2)18-12-15(24)8-9-19(18)30-23;1-6-2-4-7(5-3-6)11(8,9)10/h3-4,6,8-10,12-13,17H,5,7,11,14H2,1-2H3;2-5H,1H3,(H,8,9,10)/q+1;/p-1. The minimum absolute atomic E-state index is 0.0404. The summed E-state index contributed by atoms with van der Waals surface area (Å²) >= 11 is 9.38. The fraction of sp³-hybridized carbons (Fsp3) is 0.267. The monoisotopic (exact) mass is 643 g/mol. The Balaban J connectivity index is 0.000000271. The molecule has 1 atom stereocenters. The number of thioether (sulfide) groups is 1. The van der Waals surface area contributed by atoms with Crippen LogP contribution in [0.15, 0.2) is 81.4 Å². The highest BCUT2D eigenvalue weighted by atomic mass is 35.5. The first kappa shape index (κ1) is 30.5. The van der Waals surface area contributed by atoms with Gasteiger partial charge in [-0.1, -0.05) is 41.1 Å². The number of ether oxygens (including phenoxy) is 1. The van der Waals surface area contributed by atoms with Crippen LogP contribution < -0.4 is 24.2 Å². The third-order valence-electron chi connectivity index (χ3n) is 6.99. The molecule has 4 heterocycles. The topological polar surface area (TPSA) is 95.6 Å². The van der Waals surface area contributed by atoms with Gasteiger partial charge in [0, 0.05) is 41.8 Å². The van der Waals surface area contributed by atoms with Crippen molar-refractivity contribution >= 4 is 61.6 Å². The molecule has 2 aromatic heterocycles. The SMILES string of the molecule is CN1C(=c2sc(=Cc3cccc[n+]3C)n(CC3CCCO3)c2=O)Sc2ccc(Cl)cc21.Cc1ccc(S(=O)(=O)[O-])cc1. The minimum Gasteiger partial charge on any atom is -0.744 e. The van der Waals surface area contributed by atoms with Crippen LogP contribution in [0.1, 0.15) is 24.1 Å². The first-order valence-electron chi connectivity index (χ1n) is 13.3. The molecule has 42 heavy (non-hydrogen) atoms. The fourth-order valence-corrected chi connectivity index (χ4v) is 7.69. The van der Waals surface area contributed by atoms with Crippen molar-refractivity contribution in [1.82, 2.24) is 4.57 Å². The molecule has 0 amide bonds. The number of aryl methyl sites for hydroxylation is 2. The smallest absolute Gasteiger partial charge is 0.271 e. The lowest BCUT2D eigenvalue weighted by molar-refractivity contribution is -0.673. The van der Waals surface area contributed by atoms with Crippen molar-refractivity contribution < 1.29 is 22.3 Å². The zero-order valence-corrected chi connectivity index (χ0v) is 26.5. The van der Waals surface area contributed by atoms with Gasteiger partial charge in [0.15, 0.2) is 6.20 Å². The maximum atomic E-state index is 13.6. The highest BCUT2D eigenvalue weighted by molar-refractivity contribution is 8.08. The van der Waals surface area contributed by atoms with Gasteiger partial charge in [-0.25, -0.2) is 13.0 Å². The molecule has 1 saturated heterocycles. The molecule has 0 saturated carbocycles. The number of thiazole rings is 1. The van der Waals surface area contributed by atoms with Crippen molar-refractivity contribution in [2.75, 3.05) is 18.6 Å². The van der Waals surface area contributed by atoms with Gasteiger partial charge in [-0.3, -0.25) is 9.36 Å². The summed E-state index contributed by atoms with van der Waals surface area (Å²) in [5.41, 5.74) is 3.05. The molecule has 0 radical (unpaired) electrons. The summed E-state index contributed by atoms with van der Waals surface area (Å²) < 4.78 is 42.7. The predicted octanol–water partition coefficient (Wildman–Crippen LogP) is 3.60. The lowest BCUT2D eigenvalue weighted by atomic mass is 10.2. The van der Waals surface area contributed by atoms with E-state index in [0.717, 1.165) is 55.5 Å². The molecule has 0 spiro atoms. The number of hydrogen-bond acceptors (Lipinski definition) is 8. The van der Waals surface area contributed by atoms with Crippen LogP contribution in [-0.2, 0) is 28.4 Å². The van der Waals surface area contributed by atoms with Crippen LogP contribution >= 0.6 is 34.7 Å². The van der Waals surface area contributed by atoms with Gasteiger partial charge in [0.05, 0.1) is 23.2 Å². The van der Waals surface area contributed by atoms with E-state index in [1.807, 2.05) is 62.1 Å². The molecule has 0 N–H and O–H groups in total. The average Bonchev–Trinajstić information content (AvgIpc) is 3.65. The van der Waals surface area contributed by atoms with E-state index >= 15 is 0 Å². The lowest BCUT2D eigenvalue weighted by Gasteiger charge is -2.12. The molecule has 12 heteroatoms. The predicted molar refractivity (Wildman–Crippen MR) is 166 cm³/mol. The molecule has 0 aliphatic carbocycles. The summed E-state index contributed by atoms with van der Waals surface area (Å²) in [5, 5.41) is 1.64. The number of aromatic nitrogens is 2. The second-order valence-corrected chi connectivity index (χ2v) is 13.9. The van der Waals surface area contributed by atoms with Gasteiger partial charge < -0.3 is 14.2 Å². The van der Waals surface area contributed by atoms with E-state index in [1.54, 1.807) is 35.2 Å². The van der Waals surface area contributed by atoms with E-state index in [-0.39, 0.29) is 16.6 Å². The number of fused-ring (bicyclic) bond motifs is 1. The van der Waals surface area contributed by atoms with Crippen molar-refractivity contribution in [1.29, 1.82) is 0 Å². The van der Waals surface area contributed by atoms with Gasteiger partial charge in [-0.2, -0.15) is 0 Å². The number of benzene rings is 2. The summed E-state index contributed by atoms with van der Waals surface area (Å²) in [4.78, 5) is 16.6. The zero-order chi connectivity index (χ0) is 30.0. The molecule has 1 unspecified atom stereocenters. The van der Waals surface area contributed by atoms with Crippen LogP contribution in [0.5, 0.6) is 0 Å². The van der Waals surface area contributed by atoms with E-state index in [4.69, 9.17) is 16.3 Å². The van der Waals surface area contributed by atoms with Gasteiger partial charge in [0.25, 0.3) is 5.56 Å². The molecule has 6 rings (SSSR count). The van der Waals surface area contributed by atoms with Crippen LogP contribution in [0, 0.1) is 6.92 Å². The van der Waals surface area contributed by atoms with Crippen molar-refractivity contribution in [2.45, 2.75) is 42.2 Å².